The Balaban J connectivity index is 2.11. The molecule has 5 nitrogen and oxygen atoms in total. The van der Waals surface area contributed by atoms with Crippen molar-refractivity contribution in [1.82, 2.24) is 19.4 Å². The first kappa shape index (κ1) is 12.9. The predicted molar refractivity (Wildman–Crippen MR) is 76.2 cm³/mol. The first-order valence-corrected chi connectivity index (χ1v) is 6.78. The van der Waals surface area contributed by atoms with Gasteiger partial charge in [-0.05, 0) is 18.6 Å². The topological polar surface area (TPSA) is 52.2 Å². The van der Waals surface area contributed by atoms with E-state index in [0.29, 0.717) is 22.8 Å². The third-order valence-corrected chi connectivity index (χ3v) is 3.39. The average molecular weight is 289 g/mol. The highest BCUT2D eigenvalue weighted by Crippen LogP contribution is 2.22. The van der Waals surface area contributed by atoms with Crippen LogP contribution in [0.25, 0.3) is 5.52 Å². The van der Waals surface area contributed by atoms with Gasteiger partial charge in [0.1, 0.15) is 5.69 Å². The zero-order chi connectivity index (χ0) is 14.1. The van der Waals surface area contributed by atoms with Crippen molar-refractivity contribution in [3.63, 3.8) is 0 Å². The van der Waals surface area contributed by atoms with E-state index < -0.39 is 0 Å². The number of hydrogen-bond acceptors (Lipinski definition) is 3. The van der Waals surface area contributed by atoms with Gasteiger partial charge < -0.3 is 0 Å². The molecule has 102 valence electrons. The SMILES string of the molecule is CCCn1ncc(Cl)c1C(=O)c1cnn2ccccc12. The van der Waals surface area contributed by atoms with Crippen LogP contribution in [0.3, 0.4) is 0 Å². The second-order valence-electron chi connectivity index (χ2n) is 4.48. The van der Waals surface area contributed by atoms with Crippen molar-refractivity contribution in [2.45, 2.75) is 19.9 Å². The Hall–Kier alpha value is -2.14. The molecule has 0 saturated carbocycles. The van der Waals surface area contributed by atoms with Gasteiger partial charge in [0, 0.05) is 12.7 Å². The van der Waals surface area contributed by atoms with Gasteiger partial charge in [-0.25, -0.2) is 4.52 Å². The van der Waals surface area contributed by atoms with Crippen molar-refractivity contribution in [3.05, 3.63) is 53.1 Å². The molecule has 0 radical (unpaired) electrons. The average Bonchev–Trinajstić information content (AvgIpc) is 3.03. The van der Waals surface area contributed by atoms with E-state index >= 15 is 0 Å². The van der Waals surface area contributed by atoms with E-state index in [-0.39, 0.29) is 5.78 Å². The second-order valence-corrected chi connectivity index (χ2v) is 4.89. The van der Waals surface area contributed by atoms with Gasteiger partial charge in [-0.15, -0.1) is 0 Å². The minimum atomic E-state index is -0.151. The number of carbonyl (C=O) groups excluding carboxylic acids is 1. The molecule has 20 heavy (non-hydrogen) atoms. The molecule has 0 N–H and O–H groups in total. The third kappa shape index (κ3) is 2.00. The highest BCUT2D eigenvalue weighted by molar-refractivity contribution is 6.34. The summed E-state index contributed by atoms with van der Waals surface area (Å²) in [6.45, 7) is 2.69. The van der Waals surface area contributed by atoms with Gasteiger partial charge >= 0.3 is 0 Å². The number of aromatic nitrogens is 4. The molecule has 0 atom stereocenters. The maximum atomic E-state index is 12.7. The Morgan fingerprint density at radius 1 is 1.30 bits per heavy atom. The van der Waals surface area contributed by atoms with Crippen LogP contribution in [-0.4, -0.2) is 25.2 Å². The van der Waals surface area contributed by atoms with Crippen LogP contribution in [-0.2, 0) is 6.54 Å². The zero-order valence-electron chi connectivity index (χ0n) is 11.0. The Morgan fingerprint density at radius 3 is 2.95 bits per heavy atom. The monoisotopic (exact) mass is 288 g/mol. The van der Waals surface area contributed by atoms with Crippen LogP contribution in [0, 0.1) is 0 Å². The van der Waals surface area contributed by atoms with Gasteiger partial charge in [0.2, 0.25) is 5.78 Å². The summed E-state index contributed by atoms with van der Waals surface area (Å²) in [6, 6.07) is 5.59. The molecule has 0 spiro atoms. The summed E-state index contributed by atoms with van der Waals surface area (Å²) in [4.78, 5) is 12.7. The van der Waals surface area contributed by atoms with Crippen LogP contribution in [0.15, 0.2) is 36.8 Å². The molecule has 3 aromatic rings. The summed E-state index contributed by atoms with van der Waals surface area (Å²) < 4.78 is 3.32. The highest BCUT2D eigenvalue weighted by atomic mass is 35.5. The molecule has 0 saturated heterocycles. The van der Waals surface area contributed by atoms with E-state index in [1.54, 1.807) is 21.6 Å². The number of fused-ring (bicyclic) bond motifs is 1. The molecule has 0 amide bonds. The van der Waals surface area contributed by atoms with Crippen LogP contribution in [0.4, 0.5) is 0 Å². The molecule has 0 aliphatic heterocycles. The van der Waals surface area contributed by atoms with Crippen LogP contribution in [0.5, 0.6) is 0 Å². The summed E-state index contributed by atoms with van der Waals surface area (Å²) in [6.07, 6.45) is 5.76. The minimum Gasteiger partial charge on any atom is -0.287 e. The standard InChI is InChI=1S/C14H13ClN4O/c1-2-6-19-13(11(15)9-17-19)14(20)10-8-16-18-7-4-3-5-12(10)18/h3-5,7-9H,2,6H2,1H3. The van der Waals surface area contributed by atoms with Gasteiger partial charge in [-0.2, -0.15) is 10.2 Å². The number of rotatable bonds is 4. The maximum Gasteiger partial charge on any atom is 0.216 e. The highest BCUT2D eigenvalue weighted by Gasteiger charge is 2.21. The summed E-state index contributed by atoms with van der Waals surface area (Å²) >= 11 is 6.11. The fourth-order valence-electron chi connectivity index (χ4n) is 2.21. The Labute approximate surface area is 120 Å². The van der Waals surface area contributed by atoms with Crippen molar-refractivity contribution in [2.24, 2.45) is 0 Å². The molecule has 3 aromatic heterocycles. The number of hydrogen-bond donors (Lipinski definition) is 0. The second kappa shape index (κ2) is 5.09. The quantitative estimate of drug-likeness (QED) is 0.694. The lowest BCUT2D eigenvalue weighted by molar-refractivity contribution is 0.103. The number of nitrogens with zero attached hydrogens (tertiary/aromatic N) is 4. The van der Waals surface area contributed by atoms with Crippen molar-refractivity contribution in [1.29, 1.82) is 0 Å². The van der Waals surface area contributed by atoms with Crippen LogP contribution < -0.4 is 0 Å². The molecule has 0 bridgehead atoms. The normalized spacial score (nSPS) is 11.1. The Morgan fingerprint density at radius 2 is 2.15 bits per heavy atom. The van der Waals surface area contributed by atoms with Crippen molar-refractivity contribution >= 4 is 22.9 Å². The molecule has 3 rings (SSSR count). The first-order chi connectivity index (χ1) is 9.72. The van der Waals surface area contributed by atoms with E-state index in [9.17, 15) is 4.79 Å². The van der Waals surface area contributed by atoms with Crippen molar-refractivity contribution in [2.75, 3.05) is 0 Å². The zero-order valence-corrected chi connectivity index (χ0v) is 11.7. The molecule has 0 aromatic carbocycles. The molecule has 0 unspecified atom stereocenters. The van der Waals surface area contributed by atoms with E-state index in [1.165, 1.54) is 6.20 Å². The van der Waals surface area contributed by atoms with E-state index in [1.807, 2.05) is 25.1 Å². The van der Waals surface area contributed by atoms with Gasteiger partial charge in [0.15, 0.2) is 0 Å². The minimum absolute atomic E-state index is 0.151. The Kier molecular flexibility index (Phi) is 3.28. The predicted octanol–water partition coefficient (Wildman–Crippen LogP) is 2.83. The van der Waals surface area contributed by atoms with Crippen molar-refractivity contribution in [3.8, 4) is 0 Å². The summed E-state index contributed by atoms with van der Waals surface area (Å²) in [7, 11) is 0. The summed E-state index contributed by atoms with van der Waals surface area (Å²) in [5.74, 6) is -0.151. The van der Waals surface area contributed by atoms with E-state index in [2.05, 4.69) is 10.2 Å². The number of carbonyl (C=O) groups is 1. The summed E-state index contributed by atoms with van der Waals surface area (Å²) in [5, 5.41) is 8.71. The smallest absolute Gasteiger partial charge is 0.216 e. The number of ketones is 1. The number of halogens is 1. The Bertz CT molecular complexity index is 774. The fourth-order valence-corrected chi connectivity index (χ4v) is 2.43. The lowest BCUT2D eigenvalue weighted by atomic mass is 10.1. The first-order valence-electron chi connectivity index (χ1n) is 6.40. The largest absolute Gasteiger partial charge is 0.287 e. The third-order valence-electron chi connectivity index (χ3n) is 3.12. The molecule has 0 aliphatic carbocycles. The van der Waals surface area contributed by atoms with Crippen LogP contribution >= 0.6 is 11.6 Å². The fraction of sp³-hybridized carbons (Fsp3) is 0.214. The molecular weight excluding hydrogens is 276 g/mol. The van der Waals surface area contributed by atoms with Crippen LogP contribution in [0.1, 0.15) is 29.4 Å². The van der Waals surface area contributed by atoms with Crippen LogP contribution in [0.2, 0.25) is 5.02 Å². The van der Waals surface area contributed by atoms with E-state index in [0.717, 1.165) is 11.9 Å². The van der Waals surface area contributed by atoms with E-state index in [4.69, 9.17) is 11.6 Å². The number of pyridine rings is 1. The number of aryl methyl sites for hydroxylation is 1. The lowest BCUT2D eigenvalue weighted by Crippen LogP contribution is -2.11. The molecular formula is C14H13ClN4O. The molecule has 0 aliphatic rings. The van der Waals surface area contributed by atoms with Crippen molar-refractivity contribution < 1.29 is 4.79 Å². The molecule has 0 fully saturated rings. The molecule has 3 heterocycles. The lowest BCUT2D eigenvalue weighted by Gasteiger charge is -2.05. The molecule has 6 heteroatoms. The van der Waals surface area contributed by atoms with Gasteiger partial charge in [-0.3, -0.25) is 9.48 Å². The van der Waals surface area contributed by atoms with Gasteiger partial charge in [0.05, 0.1) is 28.5 Å². The van der Waals surface area contributed by atoms with Gasteiger partial charge in [-0.1, -0.05) is 24.6 Å². The van der Waals surface area contributed by atoms with Gasteiger partial charge in [0.25, 0.3) is 0 Å². The summed E-state index contributed by atoms with van der Waals surface area (Å²) in [5.41, 5.74) is 1.72. The maximum absolute atomic E-state index is 12.7.